The number of amides is 1. The molecule has 1 amide bonds. The number of H-pyrrole nitrogens is 1. The molecule has 0 aliphatic rings. The molecular weight excluding hydrogens is 232 g/mol. The van der Waals surface area contributed by atoms with Crippen molar-refractivity contribution in [3.63, 3.8) is 0 Å². The van der Waals surface area contributed by atoms with E-state index >= 15 is 0 Å². The molecule has 0 unspecified atom stereocenters. The zero-order chi connectivity index (χ0) is 13.1. The lowest BCUT2D eigenvalue weighted by Crippen LogP contribution is -2.22. The number of aryl methyl sites for hydroxylation is 1. The fourth-order valence-corrected chi connectivity index (χ4v) is 1.58. The Kier molecular flexibility index (Phi) is 3.36. The standard InChI is InChI=1S/C12H16N4O2/c1-8-4-9(18-7-8)5-13-11-10(6-14-15-11)12(17)16(2)3/h4,6-7H,5H2,1-3H3,(H2,13,14,15). The zero-order valence-corrected chi connectivity index (χ0v) is 10.7. The predicted octanol–water partition coefficient (Wildman–Crippen LogP) is 1.63. The molecule has 2 aromatic heterocycles. The monoisotopic (exact) mass is 248 g/mol. The summed E-state index contributed by atoms with van der Waals surface area (Å²) in [5.41, 5.74) is 1.59. The van der Waals surface area contributed by atoms with E-state index in [1.165, 1.54) is 11.1 Å². The van der Waals surface area contributed by atoms with E-state index in [-0.39, 0.29) is 5.91 Å². The van der Waals surface area contributed by atoms with Gasteiger partial charge >= 0.3 is 0 Å². The Hall–Kier alpha value is -2.24. The number of hydrogen-bond acceptors (Lipinski definition) is 4. The van der Waals surface area contributed by atoms with Crippen molar-refractivity contribution < 1.29 is 9.21 Å². The molecule has 6 nitrogen and oxygen atoms in total. The van der Waals surface area contributed by atoms with E-state index in [1.807, 2.05) is 13.0 Å². The molecule has 2 rings (SSSR count). The molecular formula is C12H16N4O2. The van der Waals surface area contributed by atoms with Crippen LogP contribution in [0.5, 0.6) is 0 Å². The van der Waals surface area contributed by atoms with Gasteiger partial charge in [-0.1, -0.05) is 0 Å². The highest BCUT2D eigenvalue weighted by molar-refractivity contribution is 5.98. The predicted molar refractivity (Wildman–Crippen MR) is 67.4 cm³/mol. The quantitative estimate of drug-likeness (QED) is 0.862. The summed E-state index contributed by atoms with van der Waals surface area (Å²) >= 11 is 0. The third-order valence-electron chi connectivity index (χ3n) is 2.50. The number of carbonyl (C=O) groups excluding carboxylic acids is 1. The molecule has 2 N–H and O–H groups in total. The van der Waals surface area contributed by atoms with Gasteiger partial charge < -0.3 is 14.6 Å². The summed E-state index contributed by atoms with van der Waals surface area (Å²) in [6.07, 6.45) is 3.20. The molecule has 0 atom stereocenters. The topological polar surface area (TPSA) is 74.2 Å². The first-order valence-corrected chi connectivity index (χ1v) is 5.61. The minimum Gasteiger partial charge on any atom is -0.467 e. The Labute approximate surface area is 105 Å². The van der Waals surface area contributed by atoms with E-state index in [0.29, 0.717) is 17.9 Å². The molecule has 18 heavy (non-hydrogen) atoms. The van der Waals surface area contributed by atoms with Crippen LogP contribution in [0.25, 0.3) is 0 Å². The Morgan fingerprint density at radius 1 is 1.56 bits per heavy atom. The van der Waals surface area contributed by atoms with Crippen LogP contribution in [-0.2, 0) is 6.54 Å². The van der Waals surface area contributed by atoms with Gasteiger partial charge in [-0.15, -0.1) is 0 Å². The zero-order valence-electron chi connectivity index (χ0n) is 10.7. The number of hydrogen-bond donors (Lipinski definition) is 2. The molecule has 0 aliphatic heterocycles. The average Bonchev–Trinajstić information content (AvgIpc) is 2.93. The van der Waals surface area contributed by atoms with Gasteiger partial charge in [0.2, 0.25) is 0 Å². The fraction of sp³-hybridized carbons (Fsp3) is 0.333. The number of anilines is 1. The largest absolute Gasteiger partial charge is 0.467 e. The number of furan rings is 1. The van der Waals surface area contributed by atoms with Crippen LogP contribution in [0.2, 0.25) is 0 Å². The molecule has 0 aromatic carbocycles. The summed E-state index contributed by atoms with van der Waals surface area (Å²) in [5, 5.41) is 9.75. The van der Waals surface area contributed by atoms with E-state index < -0.39 is 0 Å². The van der Waals surface area contributed by atoms with Crippen LogP contribution in [0.15, 0.2) is 22.9 Å². The molecule has 2 heterocycles. The molecule has 2 aromatic rings. The van der Waals surface area contributed by atoms with Crippen molar-refractivity contribution in [3.05, 3.63) is 35.4 Å². The minimum absolute atomic E-state index is 0.0955. The van der Waals surface area contributed by atoms with Crippen molar-refractivity contribution in [2.24, 2.45) is 0 Å². The SMILES string of the molecule is Cc1coc(CNc2[nH]ncc2C(=O)N(C)C)c1. The molecule has 96 valence electrons. The number of nitrogens with zero attached hydrogens (tertiary/aromatic N) is 2. The average molecular weight is 248 g/mol. The van der Waals surface area contributed by atoms with Crippen LogP contribution in [0, 0.1) is 6.92 Å². The highest BCUT2D eigenvalue weighted by atomic mass is 16.3. The maximum absolute atomic E-state index is 11.8. The van der Waals surface area contributed by atoms with Crippen LogP contribution in [0.1, 0.15) is 21.7 Å². The summed E-state index contributed by atoms with van der Waals surface area (Å²) in [6.45, 7) is 2.47. The molecule has 0 saturated carbocycles. The first-order valence-electron chi connectivity index (χ1n) is 5.61. The lowest BCUT2D eigenvalue weighted by atomic mass is 10.3. The Balaban J connectivity index is 2.06. The van der Waals surface area contributed by atoms with Gasteiger partial charge in [-0.2, -0.15) is 5.10 Å². The first-order chi connectivity index (χ1) is 8.58. The molecule has 0 saturated heterocycles. The van der Waals surface area contributed by atoms with Crippen molar-refractivity contribution >= 4 is 11.7 Å². The van der Waals surface area contributed by atoms with Crippen molar-refractivity contribution in [2.75, 3.05) is 19.4 Å². The lowest BCUT2D eigenvalue weighted by molar-refractivity contribution is 0.0828. The second kappa shape index (κ2) is 4.95. The van der Waals surface area contributed by atoms with E-state index in [1.54, 1.807) is 20.4 Å². The fourth-order valence-electron chi connectivity index (χ4n) is 1.58. The summed E-state index contributed by atoms with van der Waals surface area (Å²) < 4.78 is 5.32. The van der Waals surface area contributed by atoms with E-state index in [2.05, 4.69) is 15.5 Å². The maximum Gasteiger partial charge on any atom is 0.258 e. The third kappa shape index (κ3) is 2.53. The van der Waals surface area contributed by atoms with Crippen LogP contribution >= 0.6 is 0 Å². The molecule has 0 bridgehead atoms. The van der Waals surface area contributed by atoms with Gasteiger partial charge in [0, 0.05) is 14.1 Å². The third-order valence-corrected chi connectivity index (χ3v) is 2.50. The summed E-state index contributed by atoms with van der Waals surface area (Å²) in [4.78, 5) is 13.4. The summed E-state index contributed by atoms with van der Waals surface area (Å²) in [5.74, 6) is 1.31. The lowest BCUT2D eigenvalue weighted by Gasteiger charge is -2.10. The van der Waals surface area contributed by atoms with E-state index in [0.717, 1.165) is 11.3 Å². The van der Waals surface area contributed by atoms with Crippen molar-refractivity contribution in [2.45, 2.75) is 13.5 Å². The van der Waals surface area contributed by atoms with Crippen LogP contribution in [0.4, 0.5) is 5.82 Å². The molecule has 0 radical (unpaired) electrons. The van der Waals surface area contributed by atoms with Crippen molar-refractivity contribution in [3.8, 4) is 0 Å². The second-order valence-electron chi connectivity index (χ2n) is 4.30. The highest BCUT2D eigenvalue weighted by Gasteiger charge is 2.15. The van der Waals surface area contributed by atoms with Gasteiger partial charge in [-0.25, -0.2) is 0 Å². The normalized spacial score (nSPS) is 10.4. The molecule has 0 fully saturated rings. The van der Waals surface area contributed by atoms with Crippen LogP contribution < -0.4 is 5.32 Å². The summed E-state index contributed by atoms with van der Waals surface area (Å²) in [6, 6.07) is 1.94. The Bertz CT molecular complexity index is 542. The van der Waals surface area contributed by atoms with Gasteiger partial charge in [0.05, 0.1) is 19.0 Å². The number of nitrogens with one attached hydrogen (secondary N) is 2. The van der Waals surface area contributed by atoms with E-state index in [4.69, 9.17) is 4.42 Å². The second-order valence-corrected chi connectivity index (χ2v) is 4.30. The molecule has 0 spiro atoms. The first kappa shape index (κ1) is 12.2. The van der Waals surface area contributed by atoms with E-state index in [9.17, 15) is 4.79 Å². The Morgan fingerprint density at radius 2 is 2.33 bits per heavy atom. The van der Waals surface area contributed by atoms with Crippen LogP contribution in [-0.4, -0.2) is 35.1 Å². The smallest absolute Gasteiger partial charge is 0.258 e. The molecule has 6 heteroatoms. The highest BCUT2D eigenvalue weighted by Crippen LogP contribution is 2.15. The van der Waals surface area contributed by atoms with Gasteiger partial charge in [0.15, 0.2) is 0 Å². The summed E-state index contributed by atoms with van der Waals surface area (Å²) in [7, 11) is 3.41. The van der Waals surface area contributed by atoms with Gasteiger partial charge in [0.1, 0.15) is 17.1 Å². The Morgan fingerprint density at radius 3 is 2.94 bits per heavy atom. The van der Waals surface area contributed by atoms with Crippen molar-refractivity contribution in [1.82, 2.24) is 15.1 Å². The minimum atomic E-state index is -0.0955. The van der Waals surface area contributed by atoms with Gasteiger partial charge in [0.25, 0.3) is 5.91 Å². The maximum atomic E-state index is 11.8. The van der Waals surface area contributed by atoms with Gasteiger partial charge in [-0.05, 0) is 18.6 Å². The number of carbonyl (C=O) groups is 1. The number of aromatic amines is 1. The van der Waals surface area contributed by atoms with Crippen LogP contribution in [0.3, 0.4) is 0 Å². The number of rotatable bonds is 4. The van der Waals surface area contributed by atoms with Crippen molar-refractivity contribution in [1.29, 1.82) is 0 Å². The number of aromatic nitrogens is 2. The molecule has 0 aliphatic carbocycles. The van der Waals surface area contributed by atoms with Gasteiger partial charge in [-0.3, -0.25) is 9.89 Å².